The van der Waals surface area contributed by atoms with Gasteiger partial charge in [0.1, 0.15) is 16.5 Å². The first-order chi connectivity index (χ1) is 12.5. The SMILES string of the molecule is COCOc1ccc(C=Cc2nc3cc(OC(N)=O)ccc3s2)cc1Br. The normalized spacial score (nSPS) is 11.2. The minimum atomic E-state index is -0.844. The quantitative estimate of drug-likeness (QED) is 0.569. The lowest BCUT2D eigenvalue weighted by Crippen LogP contribution is -2.16. The summed E-state index contributed by atoms with van der Waals surface area (Å²) in [5, 5.41) is 0.840. The Hall–Kier alpha value is -2.42. The van der Waals surface area contributed by atoms with E-state index in [9.17, 15) is 4.79 Å². The lowest BCUT2D eigenvalue weighted by atomic mass is 10.2. The van der Waals surface area contributed by atoms with Crippen molar-refractivity contribution in [3.05, 3.63) is 51.4 Å². The number of hydrogen-bond donors (Lipinski definition) is 1. The number of nitrogens with zero attached hydrogens (tertiary/aromatic N) is 1. The molecule has 0 bridgehead atoms. The zero-order chi connectivity index (χ0) is 18.5. The molecule has 0 aliphatic rings. The van der Waals surface area contributed by atoms with Crippen LogP contribution < -0.4 is 15.2 Å². The molecule has 2 aromatic carbocycles. The summed E-state index contributed by atoms with van der Waals surface area (Å²) < 4.78 is 17.0. The Balaban J connectivity index is 1.77. The third kappa shape index (κ3) is 4.60. The lowest BCUT2D eigenvalue weighted by Gasteiger charge is -2.07. The molecule has 0 saturated carbocycles. The van der Waals surface area contributed by atoms with E-state index in [1.54, 1.807) is 19.2 Å². The molecule has 0 unspecified atom stereocenters. The van der Waals surface area contributed by atoms with Crippen molar-refractivity contribution >= 4 is 55.7 Å². The van der Waals surface area contributed by atoms with E-state index in [1.165, 1.54) is 11.3 Å². The standard InChI is InChI=1S/C18H15BrN2O4S/c1-23-10-24-15-5-2-11(8-13(15)19)3-7-17-21-14-9-12(25-18(20)22)4-6-16(14)26-17/h2-9H,10H2,1H3,(H2,20,22). The predicted molar refractivity (Wildman–Crippen MR) is 105 cm³/mol. The number of methoxy groups -OCH3 is 1. The van der Waals surface area contributed by atoms with Crippen LogP contribution in [0.1, 0.15) is 10.6 Å². The van der Waals surface area contributed by atoms with Crippen molar-refractivity contribution in [3.8, 4) is 11.5 Å². The van der Waals surface area contributed by atoms with Gasteiger partial charge in [0, 0.05) is 13.2 Å². The molecule has 1 heterocycles. The Morgan fingerprint density at radius 1 is 1.27 bits per heavy atom. The molecule has 6 nitrogen and oxygen atoms in total. The number of fused-ring (bicyclic) bond motifs is 1. The highest BCUT2D eigenvalue weighted by molar-refractivity contribution is 9.10. The number of ether oxygens (including phenoxy) is 3. The van der Waals surface area contributed by atoms with Gasteiger partial charge in [-0.15, -0.1) is 11.3 Å². The molecule has 3 rings (SSSR count). The number of halogens is 1. The van der Waals surface area contributed by atoms with Crippen molar-refractivity contribution in [2.24, 2.45) is 5.73 Å². The largest absolute Gasteiger partial charge is 0.466 e. The molecule has 0 aliphatic carbocycles. The van der Waals surface area contributed by atoms with Crippen LogP contribution in [0.5, 0.6) is 11.5 Å². The van der Waals surface area contributed by atoms with Crippen molar-refractivity contribution in [3.63, 3.8) is 0 Å². The van der Waals surface area contributed by atoms with E-state index in [0.29, 0.717) is 11.5 Å². The van der Waals surface area contributed by atoms with E-state index < -0.39 is 6.09 Å². The minimum Gasteiger partial charge on any atom is -0.466 e. The fourth-order valence-electron chi connectivity index (χ4n) is 2.20. The van der Waals surface area contributed by atoms with E-state index >= 15 is 0 Å². The number of rotatable bonds is 6. The molecule has 2 N–H and O–H groups in total. The molecule has 0 atom stereocenters. The smallest absolute Gasteiger partial charge is 0.409 e. The highest BCUT2D eigenvalue weighted by Crippen LogP contribution is 2.29. The average molecular weight is 435 g/mol. The van der Waals surface area contributed by atoms with Crippen molar-refractivity contribution in [1.29, 1.82) is 0 Å². The summed E-state index contributed by atoms with van der Waals surface area (Å²) in [6, 6.07) is 11.0. The zero-order valence-electron chi connectivity index (χ0n) is 13.8. The van der Waals surface area contributed by atoms with Gasteiger partial charge in [-0.3, -0.25) is 0 Å². The predicted octanol–water partition coefficient (Wildman–Crippen LogP) is 4.67. The third-order valence-electron chi connectivity index (χ3n) is 3.30. The summed E-state index contributed by atoms with van der Waals surface area (Å²) in [5.41, 5.74) is 6.77. The number of carbonyl (C=O) groups is 1. The molecule has 1 aromatic heterocycles. The van der Waals surface area contributed by atoms with E-state index in [-0.39, 0.29) is 6.79 Å². The molecule has 8 heteroatoms. The van der Waals surface area contributed by atoms with Gasteiger partial charge in [-0.25, -0.2) is 9.78 Å². The molecule has 0 fully saturated rings. The topological polar surface area (TPSA) is 83.7 Å². The Morgan fingerprint density at radius 3 is 2.85 bits per heavy atom. The fourth-order valence-corrected chi connectivity index (χ4v) is 3.57. The highest BCUT2D eigenvalue weighted by atomic mass is 79.9. The highest BCUT2D eigenvalue weighted by Gasteiger charge is 2.06. The molecule has 0 radical (unpaired) electrons. The van der Waals surface area contributed by atoms with Crippen LogP contribution in [-0.4, -0.2) is 25.0 Å². The van der Waals surface area contributed by atoms with Crippen molar-refractivity contribution in [2.75, 3.05) is 13.9 Å². The van der Waals surface area contributed by atoms with Crippen LogP contribution in [0.3, 0.4) is 0 Å². The Morgan fingerprint density at radius 2 is 2.12 bits per heavy atom. The number of carbonyl (C=O) groups excluding carboxylic acids is 1. The van der Waals surface area contributed by atoms with E-state index in [2.05, 4.69) is 20.9 Å². The number of nitrogens with two attached hydrogens (primary N) is 1. The van der Waals surface area contributed by atoms with E-state index in [0.717, 1.165) is 25.3 Å². The number of primary amides is 1. The first kappa shape index (κ1) is 18.4. The molecule has 0 saturated heterocycles. The maximum Gasteiger partial charge on any atom is 0.409 e. The first-order valence-corrected chi connectivity index (χ1v) is 9.13. The average Bonchev–Trinajstić information content (AvgIpc) is 3.01. The van der Waals surface area contributed by atoms with Crippen LogP contribution in [0.2, 0.25) is 0 Å². The molecule has 1 amide bonds. The molecular weight excluding hydrogens is 420 g/mol. The summed E-state index contributed by atoms with van der Waals surface area (Å²) in [5.74, 6) is 1.09. The number of benzene rings is 2. The molecule has 0 spiro atoms. The maximum atomic E-state index is 10.8. The second-order valence-electron chi connectivity index (χ2n) is 5.18. The van der Waals surface area contributed by atoms with Crippen LogP contribution in [-0.2, 0) is 4.74 Å². The summed E-state index contributed by atoms with van der Waals surface area (Å²) in [7, 11) is 1.58. The minimum absolute atomic E-state index is 0.195. The maximum absolute atomic E-state index is 10.8. The number of amides is 1. The molecule has 0 aliphatic heterocycles. The van der Waals surface area contributed by atoms with Gasteiger partial charge in [-0.1, -0.05) is 12.1 Å². The van der Waals surface area contributed by atoms with Crippen LogP contribution >= 0.6 is 27.3 Å². The second kappa shape index (κ2) is 8.31. The van der Waals surface area contributed by atoms with Crippen LogP contribution in [0, 0.1) is 0 Å². The van der Waals surface area contributed by atoms with E-state index in [1.807, 2.05) is 36.4 Å². The summed E-state index contributed by atoms with van der Waals surface area (Å²) in [6.45, 7) is 0.195. The van der Waals surface area contributed by atoms with Crippen LogP contribution in [0.15, 0.2) is 40.9 Å². The van der Waals surface area contributed by atoms with Gasteiger partial charge >= 0.3 is 6.09 Å². The van der Waals surface area contributed by atoms with Crippen LogP contribution in [0.4, 0.5) is 4.79 Å². The monoisotopic (exact) mass is 434 g/mol. The lowest BCUT2D eigenvalue weighted by molar-refractivity contribution is 0.0506. The van der Waals surface area contributed by atoms with Gasteiger partial charge in [-0.2, -0.15) is 0 Å². The zero-order valence-corrected chi connectivity index (χ0v) is 16.2. The number of aromatic nitrogens is 1. The van der Waals surface area contributed by atoms with Crippen molar-refractivity contribution < 1.29 is 19.0 Å². The van der Waals surface area contributed by atoms with Gasteiger partial charge in [0.2, 0.25) is 0 Å². The summed E-state index contributed by atoms with van der Waals surface area (Å²) in [6.07, 6.45) is 3.04. The van der Waals surface area contributed by atoms with Crippen molar-refractivity contribution in [2.45, 2.75) is 0 Å². The van der Waals surface area contributed by atoms with E-state index in [4.69, 9.17) is 19.9 Å². The van der Waals surface area contributed by atoms with Gasteiger partial charge in [-0.05, 0) is 51.8 Å². The summed E-state index contributed by atoms with van der Waals surface area (Å²) in [4.78, 5) is 15.4. The van der Waals surface area contributed by atoms with Gasteiger partial charge in [0.25, 0.3) is 0 Å². The van der Waals surface area contributed by atoms with Crippen LogP contribution in [0.25, 0.3) is 22.4 Å². The van der Waals surface area contributed by atoms with Gasteiger partial charge in [0.15, 0.2) is 6.79 Å². The second-order valence-corrected chi connectivity index (χ2v) is 7.09. The molecule has 26 heavy (non-hydrogen) atoms. The first-order valence-electron chi connectivity index (χ1n) is 7.52. The molecule has 3 aromatic rings. The van der Waals surface area contributed by atoms with Gasteiger partial charge < -0.3 is 19.9 Å². The number of thiazole rings is 1. The Labute approximate surface area is 162 Å². The van der Waals surface area contributed by atoms with Crippen molar-refractivity contribution in [1.82, 2.24) is 4.98 Å². The Kier molecular flexibility index (Phi) is 5.87. The summed E-state index contributed by atoms with van der Waals surface area (Å²) >= 11 is 5.02. The Bertz CT molecular complexity index is 971. The number of hydrogen-bond acceptors (Lipinski definition) is 6. The fraction of sp³-hybridized carbons (Fsp3) is 0.111. The molecule has 134 valence electrons. The van der Waals surface area contributed by atoms with Gasteiger partial charge in [0.05, 0.1) is 14.7 Å². The third-order valence-corrected chi connectivity index (χ3v) is 4.92. The molecular formula is C18H15BrN2O4S.